The van der Waals surface area contributed by atoms with Crippen molar-refractivity contribution in [2.24, 2.45) is 20.0 Å². The standard InChI is InChI=1S/C19H30N6O/c1-13(2)15-11-17(25(5)22-15)19(26)20-12-14-7-6-10-23(3)18(14)16-8-9-21-24(16)4/h8-9,11,13-14,18H,6-7,10,12H2,1-5H3,(H,20,26)/t14-,18+/m0/s1. The van der Waals surface area contributed by atoms with Crippen LogP contribution in [0.4, 0.5) is 0 Å². The van der Waals surface area contributed by atoms with Crippen molar-refractivity contribution in [3.8, 4) is 0 Å². The SMILES string of the molecule is CC(C)c1cc(C(=O)NC[C@@H]2CCCN(C)[C@H]2c2ccnn2C)n(C)n1. The van der Waals surface area contributed by atoms with E-state index in [1.54, 1.807) is 4.68 Å². The first-order valence-electron chi connectivity index (χ1n) is 9.38. The minimum absolute atomic E-state index is 0.0520. The molecule has 3 heterocycles. The van der Waals surface area contributed by atoms with Crippen LogP contribution in [0.15, 0.2) is 18.3 Å². The maximum absolute atomic E-state index is 12.7. The van der Waals surface area contributed by atoms with Crippen LogP contribution < -0.4 is 5.32 Å². The zero-order valence-electron chi connectivity index (χ0n) is 16.4. The van der Waals surface area contributed by atoms with E-state index in [1.165, 1.54) is 5.69 Å². The first-order valence-corrected chi connectivity index (χ1v) is 9.38. The molecule has 26 heavy (non-hydrogen) atoms. The van der Waals surface area contributed by atoms with Crippen molar-refractivity contribution < 1.29 is 4.79 Å². The topological polar surface area (TPSA) is 68.0 Å². The molecule has 1 fully saturated rings. The highest BCUT2D eigenvalue weighted by atomic mass is 16.2. The normalized spacial score (nSPS) is 21.3. The lowest BCUT2D eigenvalue weighted by atomic mass is 9.87. The lowest BCUT2D eigenvalue weighted by Gasteiger charge is -2.39. The Hall–Kier alpha value is -2.15. The fraction of sp³-hybridized carbons (Fsp3) is 0.632. The van der Waals surface area contributed by atoms with E-state index in [0.29, 0.717) is 24.1 Å². The lowest BCUT2D eigenvalue weighted by Crippen LogP contribution is -2.42. The molecular weight excluding hydrogens is 328 g/mol. The first-order chi connectivity index (χ1) is 12.4. The van der Waals surface area contributed by atoms with Gasteiger partial charge in [0.2, 0.25) is 0 Å². The Labute approximate surface area is 155 Å². The van der Waals surface area contributed by atoms with E-state index < -0.39 is 0 Å². The number of nitrogens with zero attached hydrogens (tertiary/aromatic N) is 5. The number of aromatic nitrogens is 4. The number of amides is 1. The Balaban J connectivity index is 1.71. The molecule has 1 saturated heterocycles. The van der Waals surface area contributed by atoms with E-state index in [1.807, 2.05) is 31.0 Å². The highest BCUT2D eigenvalue weighted by Gasteiger charge is 2.32. The van der Waals surface area contributed by atoms with Crippen molar-refractivity contribution in [1.29, 1.82) is 0 Å². The number of carbonyl (C=O) groups excluding carboxylic acids is 1. The molecule has 1 aliphatic rings. The van der Waals surface area contributed by atoms with E-state index in [9.17, 15) is 4.79 Å². The number of hydrogen-bond acceptors (Lipinski definition) is 4. The molecule has 0 radical (unpaired) electrons. The third kappa shape index (κ3) is 3.67. The van der Waals surface area contributed by atoms with Crippen LogP contribution in [0.3, 0.4) is 0 Å². The number of carbonyl (C=O) groups is 1. The average molecular weight is 358 g/mol. The molecule has 1 aliphatic heterocycles. The summed E-state index contributed by atoms with van der Waals surface area (Å²) < 4.78 is 3.62. The van der Waals surface area contributed by atoms with Crippen LogP contribution in [0.25, 0.3) is 0 Å². The van der Waals surface area contributed by atoms with Gasteiger partial charge in [0.05, 0.1) is 17.4 Å². The minimum Gasteiger partial charge on any atom is -0.350 e. The summed E-state index contributed by atoms with van der Waals surface area (Å²) in [5.41, 5.74) is 2.77. The van der Waals surface area contributed by atoms with Gasteiger partial charge in [-0.05, 0) is 50.4 Å². The molecule has 0 aromatic carbocycles. The summed E-state index contributed by atoms with van der Waals surface area (Å²) in [6.45, 7) is 5.89. The molecule has 1 amide bonds. The van der Waals surface area contributed by atoms with Gasteiger partial charge in [0.1, 0.15) is 5.69 Å². The Bertz CT molecular complexity index is 762. The minimum atomic E-state index is -0.0520. The van der Waals surface area contributed by atoms with Crippen molar-refractivity contribution in [2.75, 3.05) is 20.1 Å². The predicted octanol–water partition coefficient (Wildman–Crippen LogP) is 2.09. The number of nitrogens with one attached hydrogen (secondary N) is 1. The fourth-order valence-corrected chi connectivity index (χ4v) is 3.91. The van der Waals surface area contributed by atoms with E-state index >= 15 is 0 Å². The van der Waals surface area contributed by atoms with Crippen LogP contribution in [0, 0.1) is 5.92 Å². The molecule has 2 aromatic heterocycles. The van der Waals surface area contributed by atoms with Gasteiger partial charge < -0.3 is 5.32 Å². The van der Waals surface area contributed by atoms with Gasteiger partial charge in [-0.3, -0.25) is 19.1 Å². The summed E-state index contributed by atoms with van der Waals surface area (Å²) in [7, 11) is 5.96. The van der Waals surface area contributed by atoms with E-state index in [4.69, 9.17) is 0 Å². The summed E-state index contributed by atoms with van der Waals surface area (Å²) in [6.07, 6.45) is 4.09. The van der Waals surface area contributed by atoms with Gasteiger partial charge in [-0.15, -0.1) is 0 Å². The molecule has 0 spiro atoms. The smallest absolute Gasteiger partial charge is 0.269 e. The number of aryl methyl sites for hydroxylation is 2. The highest BCUT2D eigenvalue weighted by molar-refractivity contribution is 5.92. The van der Waals surface area contributed by atoms with Gasteiger partial charge in [-0.1, -0.05) is 13.8 Å². The molecule has 0 unspecified atom stereocenters. The van der Waals surface area contributed by atoms with Crippen LogP contribution in [0.5, 0.6) is 0 Å². The second kappa shape index (κ2) is 7.61. The second-order valence-electron chi connectivity index (χ2n) is 7.65. The Kier molecular flexibility index (Phi) is 5.46. The summed E-state index contributed by atoms with van der Waals surface area (Å²) in [4.78, 5) is 15.1. The maximum Gasteiger partial charge on any atom is 0.269 e. The second-order valence-corrected chi connectivity index (χ2v) is 7.65. The zero-order chi connectivity index (χ0) is 18.8. The number of piperidine rings is 1. The molecule has 142 valence electrons. The number of hydrogen-bond donors (Lipinski definition) is 1. The van der Waals surface area contributed by atoms with Crippen molar-refractivity contribution in [3.63, 3.8) is 0 Å². The molecule has 7 nitrogen and oxygen atoms in total. The summed E-state index contributed by atoms with van der Waals surface area (Å²) in [5.74, 6) is 0.624. The van der Waals surface area contributed by atoms with Gasteiger partial charge >= 0.3 is 0 Å². The molecule has 0 aliphatic carbocycles. The Morgan fingerprint density at radius 2 is 2.08 bits per heavy atom. The fourth-order valence-electron chi connectivity index (χ4n) is 3.91. The van der Waals surface area contributed by atoms with E-state index in [2.05, 4.69) is 47.4 Å². The first kappa shape index (κ1) is 18.6. The summed E-state index contributed by atoms with van der Waals surface area (Å²) in [6, 6.07) is 4.25. The van der Waals surface area contributed by atoms with Crippen LogP contribution in [-0.4, -0.2) is 50.5 Å². The van der Waals surface area contributed by atoms with Crippen molar-refractivity contribution in [3.05, 3.63) is 35.4 Å². The highest BCUT2D eigenvalue weighted by Crippen LogP contribution is 2.34. The van der Waals surface area contributed by atoms with E-state index in [-0.39, 0.29) is 11.9 Å². The quantitative estimate of drug-likeness (QED) is 0.889. The zero-order valence-corrected chi connectivity index (χ0v) is 16.4. The van der Waals surface area contributed by atoms with Crippen LogP contribution >= 0.6 is 0 Å². The van der Waals surface area contributed by atoms with Crippen molar-refractivity contribution >= 4 is 5.91 Å². The monoisotopic (exact) mass is 358 g/mol. The summed E-state index contributed by atoms with van der Waals surface area (Å²) in [5, 5.41) is 11.9. The third-order valence-electron chi connectivity index (χ3n) is 5.42. The van der Waals surface area contributed by atoms with Gasteiger partial charge in [0.25, 0.3) is 5.91 Å². The molecule has 2 atom stereocenters. The van der Waals surface area contributed by atoms with Gasteiger partial charge in [-0.25, -0.2) is 0 Å². The molecule has 1 N–H and O–H groups in total. The average Bonchev–Trinajstić information content (AvgIpc) is 3.18. The lowest BCUT2D eigenvalue weighted by molar-refractivity contribution is 0.0872. The molecular formula is C19H30N6O. The van der Waals surface area contributed by atoms with Crippen molar-refractivity contribution in [1.82, 2.24) is 29.8 Å². The van der Waals surface area contributed by atoms with Crippen LogP contribution in [0.1, 0.15) is 60.5 Å². The summed E-state index contributed by atoms with van der Waals surface area (Å²) >= 11 is 0. The van der Waals surface area contributed by atoms with Gasteiger partial charge in [0.15, 0.2) is 0 Å². The third-order valence-corrected chi connectivity index (χ3v) is 5.42. The number of likely N-dealkylation sites (tertiary alicyclic amines) is 1. The largest absolute Gasteiger partial charge is 0.350 e. The van der Waals surface area contributed by atoms with Crippen LogP contribution in [-0.2, 0) is 14.1 Å². The van der Waals surface area contributed by atoms with Crippen molar-refractivity contribution in [2.45, 2.75) is 38.6 Å². The predicted molar refractivity (Wildman–Crippen MR) is 101 cm³/mol. The molecule has 3 rings (SSSR count). The molecule has 2 aromatic rings. The Morgan fingerprint density at radius 3 is 2.69 bits per heavy atom. The number of rotatable bonds is 5. The van der Waals surface area contributed by atoms with Crippen LogP contribution in [0.2, 0.25) is 0 Å². The Morgan fingerprint density at radius 1 is 1.31 bits per heavy atom. The molecule has 0 bridgehead atoms. The molecule has 7 heteroatoms. The van der Waals surface area contributed by atoms with Gasteiger partial charge in [0, 0.05) is 26.8 Å². The maximum atomic E-state index is 12.7. The van der Waals surface area contributed by atoms with E-state index in [0.717, 1.165) is 25.1 Å². The van der Waals surface area contributed by atoms with Gasteiger partial charge in [-0.2, -0.15) is 10.2 Å². The molecule has 0 saturated carbocycles.